The van der Waals surface area contributed by atoms with Gasteiger partial charge in [0.1, 0.15) is 0 Å². The number of benzene rings is 2. The molecule has 1 aliphatic rings. The van der Waals surface area contributed by atoms with Gasteiger partial charge >= 0.3 is 0 Å². The van der Waals surface area contributed by atoms with Crippen molar-refractivity contribution in [3.8, 4) is 0 Å². The van der Waals surface area contributed by atoms with Crippen molar-refractivity contribution in [2.24, 2.45) is 0 Å². The summed E-state index contributed by atoms with van der Waals surface area (Å²) in [6.45, 7) is 2.24. The van der Waals surface area contributed by atoms with Gasteiger partial charge in [-0.3, -0.25) is 0 Å². The van der Waals surface area contributed by atoms with Crippen LogP contribution in [-0.4, -0.2) is 5.25 Å². The molecule has 0 aromatic heterocycles. The minimum Gasteiger partial charge on any atom is -0.118 e. The average Bonchev–Trinajstić information content (AvgIpc) is 2.26. The van der Waals surface area contributed by atoms with Crippen LogP contribution in [0.4, 0.5) is 0 Å². The van der Waals surface area contributed by atoms with Crippen LogP contribution in [0, 0.1) is 0 Å². The fourth-order valence-electron chi connectivity index (χ4n) is 1.95. The van der Waals surface area contributed by atoms with E-state index < -0.39 is 0 Å². The van der Waals surface area contributed by atoms with E-state index >= 15 is 0 Å². The summed E-state index contributed by atoms with van der Waals surface area (Å²) in [5, 5.41) is 3.26. The molecule has 0 saturated heterocycles. The Balaban J connectivity index is 2.26. The summed E-state index contributed by atoms with van der Waals surface area (Å²) in [6.07, 6.45) is 4.50. The van der Waals surface area contributed by atoms with Gasteiger partial charge in [0.15, 0.2) is 0 Å². The first kappa shape index (κ1) is 9.05. The standard InChI is InChI=1S/C14H12S/c1-10-6-7-13-8-11-4-2-3-5-12(11)9-14(13)15-10/h2-10H,1H3. The van der Waals surface area contributed by atoms with Crippen molar-refractivity contribution in [3.05, 3.63) is 48.0 Å². The molecule has 15 heavy (non-hydrogen) atoms. The Morgan fingerprint density at radius 1 is 1.07 bits per heavy atom. The summed E-state index contributed by atoms with van der Waals surface area (Å²) < 4.78 is 0. The van der Waals surface area contributed by atoms with Crippen LogP contribution in [-0.2, 0) is 0 Å². The second-order valence-electron chi connectivity index (χ2n) is 3.92. The fraction of sp³-hybridized carbons (Fsp3) is 0.143. The maximum absolute atomic E-state index is 2.30. The highest BCUT2D eigenvalue weighted by molar-refractivity contribution is 8.00. The lowest BCUT2D eigenvalue weighted by Crippen LogP contribution is -1.96. The van der Waals surface area contributed by atoms with Gasteiger partial charge in [-0.05, 0) is 35.4 Å². The van der Waals surface area contributed by atoms with E-state index in [1.807, 2.05) is 11.8 Å². The summed E-state index contributed by atoms with van der Waals surface area (Å²) in [7, 11) is 0. The Morgan fingerprint density at radius 3 is 2.60 bits per heavy atom. The Morgan fingerprint density at radius 2 is 1.80 bits per heavy atom. The van der Waals surface area contributed by atoms with Crippen molar-refractivity contribution in [3.63, 3.8) is 0 Å². The highest BCUT2D eigenvalue weighted by Crippen LogP contribution is 2.35. The van der Waals surface area contributed by atoms with Crippen molar-refractivity contribution in [1.82, 2.24) is 0 Å². The van der Waals surface area contributed by atoms with E-state index in [1.54, 1.807) is 0 Å². The molecule has 74 valence electrons. The molecule has 2 aromatic rings. The monoisotopic (exact) mass is 212 g/mol. The second kappa shape index (κ2) is 3.42. The van der Waals surface area contributed by atoms with Gasteiger partial charge in [0.05, 0.1) is 0 Å². The molecular weight excluding hydrogens is 200 g/mol. The molecule has 1 atom stereocenters. The second-order valence-corrected chi connectivity index (χ2v) is 5.34. The first-order valence-corrected chi connectivity index (χ1v) is 6.08. The van der Waals surface area contributed by atoms with E-state index in [4.69, 9.17) is 0 Å². The minimum absolute atomic E-state index is 0.596. The maximum Gasteiger partial charge on any atom is 0.0249 e. The van der Waals surface area contributed by atoms with E-state index in [0.717, 1.165) is 0 Å². The molecule has 0 radical (unpaired) electrons. The number of thioether (sulfide) groups is 1. The van der Waals surface area contributed by atoms with E-state index in [2.05, 4.69) is 55.5 Å². The SMILES string of the molecule is CC1C=Cc2cc3ccccc3cc2S1. The van der Waals surface area contributed by atoms with Crippen LogP contribution in [0.2, 0.25) is 0 Å². The summed E-state index contributed by atoms with van der Waals surface area (Å²) in [6, 6.07) is 13.1. The molecule has 0 saturated carbocycles. The van der Waals surface area contributed by atoms with Gasteiger partial charge < -0.3 is 0 Å². The largest absolute Gasteiger partial charge is 0.118 e. The highest BCUT2D eigenvalue weighted by atomic mass is 32.2. The lowest BCUT2D eigenvalue weighted by molar-refractivity contribution is 1.22. The van der Waals surface area contributed by atoms with Crippen LogP contribution >= 0.6 is 11.8 Å². The van der Waals surface area contributed by atoms with E-state index in [0.29, 0.717) is 5.25 Å². The zero-order chi connectivity index (χ0) is 10.3. The third-order valence-corrected chi connectivity index (χ3v) is 3.87. The molecule has 1 heteroatoms. The van der Waals surface area contributed by atoms with Crippen LogP contribution in [0.3, 0.4) is 0 Å². The Hall–Kier alpha value is -1.21. The Bertz CT molecular complexity index is 540. The number of fused-ring (bicyclic) bond motifs is 2. The van der Waals surface area contributed by atoms with Crippen LogP contribution in [0.15, 0.2) is 47.4 Å². The first-order valence-electron chi connectivity index (χ1n) is 5.20. The third-order valence-electron chi connectivity index (χ3n) is 2.74. The normalized spacial score (nSPS) is 19.1. The Labute approximate surface area is 94.0 Å². The van der Waals surface area contributed by atoms with Gasteiger partial charge in [-0.1, -0.05) is 36.4 Å². The molecule has 1 heterocycles. The van der Waals surface area contributed by atoms with E-state index in [9.17, 15) is 0 Å². The molecular formula is C14H12S. The minimum atomic E-state index is 0.596. The van der Waals surface area contributed by atoms with Gasteiger partial charge in [0, 0.05) is 10.1 Å². The predicted octanol–water partition coefficient (Wildman–Crippen LogP) is 4.35. The van der Waals surface area contributed by atoms with Gasteiger partial charge in [-0.15, -0.1) is 11.8 Å². The van der Waals surface area contributed by atoms with Gasteiger partial charge in [0.25, 0.3) is 0 Å². The molecule has 3 rings (SSSR count). The first-order chi connectivity index (χ1) is 7.33. The van der Waals surface area contributed by atoms with Crippen LogP contribution in [0.5, 0.6) is 0 Å². The van der Waals surface area contributed by atoms with Crippen molar-refractivity contribution in [2.45, 2.75) is 17.1 Å². The van der Waals surface area contributed by atoms with Crippen molar-refractivity contribution in [1.29, 1.82) is 0 Å². The molecule has 0 N–H and O–H groups in total. The summed E-state index contributed by atoms with van der Waals surface area (Å²) in [4.78, 5) is 1.41. The quantitative estimate of drug-likeness (QED) is 0.625. The lowest BCUT2D eigenvalue weighted by atomic mass is 10.1. The molecule has 1 unspecified atom stereocenters. The average molecular weight is 212 g/mol. The highest BCUT2D eigenvalue weighted by Gasteiger charge is 2.10. The Kier molecular flexibility index (Phi) is 2.06. The maximum atomic E-state index is 2.30. The van der Waals surface area contributed by atoms with Gasteiger partial charge in [0.2, 0.25) is 0 Å². The van der Waals surface area contributed by atoms with Crippen molar-refractivity contribution >= 4 is 28.6 Å². The van der Waals surface area contributed by atoms with Crippen LogP contribution in [0.25, 0.3) is 16.8 Å². The molecule has 2 aromatic carbocycles. The van der Waals surface area contributed by atoms with E-state index in [-0.39, 0.29) is 0 Å². The smallest absolute Gasteiger partial charge is 0.0249 e. The molecule has 0 nitrogen and oxygen atoms in total. The summed E-state index contributed by atoms with van der Waals surface area (Å²) in [5.74, 6) is 0. The number of hydrogen-bond acceptors (Lipinski definition) is 1. The van der Waals surface area contributed by atoms with Crippen LogP contribution < -0.4 is 0 Å². The zero-order valence-electron chi connectivity index (χ0n) is 8.60. The zero-order valence-corrected chi connectivity index (χ0v) is 9.42. The molecule has 0 aliphatic carbocycles. The number of hydrogen-bond donors (Lipinski definition) is 0. The number of rotatable bonds is 0. The summed E-state index contributed by atoms with van der Waals surface area (Å²) in [5.41, 5.74) is 1.36. The van der Waals surface area contributed by atoms with Gasteiger partial charge in [-0.2, -0.15) is 0 Å². The molecule has 0 spiro atoms. The van der Waals surface area contributed by atoms with Gasteiger partial charge in [-0.25, -0.2) is 0 Å². The third kappa shape index (κ3) is 1.57. The van der Waals surface area contributed by atoms with Crippen LogP contribution in [0.1, 0.15) is 12.5 Å². The van der Waals surface area contributed by atoms with Crippen molar-refractivity contribution in [2.75, 3.05) is 0 Å². The predicted molar refractivity (Wildman–Crippen MR) is 68.3 cm³/mol. The molecule has 1 aliphatic heterocycles. The molecule has 0 fully saturated rings. The molecule has 0 bridgehead atoms. The topological polar surface area (TPSA) is 0 Å². The lowest BCUT2D eigenvalue weighted by Gasteiger charge is -2.15. The summed E-state index contributed by atoms with van der Waals surface area (Å²) >= 11 is 1.94. The fourth-order valence-corrected chi connectivity index (χ4v) is 2.96. The van der Waals surface area contributed by atoms with Crippen molar-refractivity contribution < 1.29 is 0 Å². The van der Waals surface area contributed by atoms with E-state index in [1.165, 1.54) is 21.2 Å². The molecule has 0 amide bonds.